The summed E-state index contributed by atoms with van der Waals surface area (Å²) >= 11 is 8.27. The van der Waals surface area contributed by atoms with E-state index in [0.29, 0.717) is 31.8 Å². The van der Waals surface area contributed by atoms with Crippen molar-refractivity contribution >= 4 is 40.5 Å². The number of hydrogen-bond donors (Lipinski definition) is 0. The van der Waals surface area contributed by atoms with E-state index >= 15 is 0 Å². The molecule has 0 fully saturated rings. The zero-order chi connectivity index (χ0) is 17.2. The summed E-state index contributed by atoms with van der Waals surface area (Å²) in [6.07, 6.45) is -0.469. The van der Waals surface area contributed by atoms with Crippen molar-refractivity contribution < 1.29 is 18.7 Å². The highest BCUT2D eigenvalue weighted by Crippen LogP contribution is 2.36. The summed E-state index contributed by atoms with van der Waals surface area (Å²) in [7, 11) is 0. The van der Waals surface area contributed by atoms with Gasteiger partial charge in [0.25, 0.3) is 11.1 Å². The number of aromatic nitrogens is 2. The molecule has 1 aromatic carbocycles. The van der Waals surface area contributed by atoms with Gasteiger partial charge in [-0.2, -0.15) is 0 Å². The molecule has 9 heteroatoms. The molecule has 4 rings (SSSR count). The van der Waals surface area contributed by atoms with Crippen LogP contribution in [0.25, 0.3) is 0 Å². The van der Waals surface area contributed by atoms with E-state index in [4.69, 9.17) is 25.5 Å². The number of benzene rings is 1. The SMILES string of the molecule is O=C(CSc1nnc([C@H]2COc3ccccc3O2)o1)c1ccc(Cl)s1. The van der Waals surface area contributed by atoms with Crippen LogP contribution in [-0.2, 0) is 0 Å². The molecule has 0 unspecified atom stereocenters. The number of halogens is 1. The van der Waals surface area contributed by atoms with E-state index < -0.39 is 6.10 Å². The minimum absolute atomic E-state index is 0.0344. The quantitative estimate of drug-likeness (QED) is 0.472. The molecule has 0 saturated heterocycles. The summed E-state index contributed by atoms with van der Waals surface area (Å²) in [6, 6.07) is 10.8. The van der Waals surface area contributed by atoms with Crippen LogP contribution in [0.4, 0.5) is 0 Å². The van der Waals surface area contributed by atoms with Gasteiger partial charge in [-0.15, -0.1) is 21.5 Å². The summed E-state index contributed by atoms with van der Waals surface area (Å²) in [4.78, 5) is 12.7. The number of carbonyl (C=O) groups is 1. The first-order valence-electron chi connectivity index (χ1n) is 7.32. The highest BCUT2D eigenvalue weighted by molar-refractivity contribution is 7.99. The molecule has 6 nitrogen and oxygen atoms in total. The van der Waals surface area contributed by atoms with E-state index in [1.165, 1.54) is 23.1 Å². The standard InChI is InChI=1S/C16H11ClN2O4S2/c17-14-6-5-13(25-14)9(20)8-24-16-19-18-15(23-16)12-7-21-10-3-1-2-4-11(10)22-12/h1-6,12H,7-8H2/t12-/m1/s1. The Labute approximate surface area is 156 Å². The predicted molar refractivity (Wildman–Crippen MR) is 94.0 cm³/mol. The Balaban J connectivity index is 1.38. The molecule has 0 bridgehead atoms. The molecule has 0 spiro atoms. The maximum atomic E-state index is 12.1. The van der Waals surface area contributed by atoms with Gasteiger partial charge < -0.3 is 13.9 Å². The number of para-hydroxylation sites is 2. The van der Waals surface area contributed by atoms with Gasteiger partial charge in [-0.25, -0.2) is 0 Å². The number of nitrogens with zero attached hydrogens (tertiary/aromatic N) is 2. The smallest absolute Gasteiger partial charge is 0.277 e. The second-order valence-electron chi connectivity index (χ2n) is 5.09. The van der Waals surface area contributed by atoms with E-state index in [9.17, 15) is 4.79 Å². The van der Waals surface area contributed by atoms with Crippen molar-refractivity contribution in [3.8, 4) is 11.5 Å². The second kappa shape index (κ2) is 7.07. The lowest BCUT2D eigenvalue weighted by molar-refractivity contribution is 0.0686. The van der Waals surface area contributed by atoms with Crippen molar-refractivity contribution in [3.63, 3.8) is 0 Å². The first-order valence-corrected chi connectivity index (χ1v) is 9.50. The number of thiophene rings is 1. The highest BCUT2D eigenvalue weighted by atomic mass is 35.5. The van der Waals surface area contributed by atoms with Crippen molar-refractivity contribution in [2.75, 3.05) is 12.4 Å². The molecule has 1 aliphatic rings. The van der Waals surface area contributed by atoms with E-state index in [2.05, 4.69) is 10.2 Å². The van der Waals surface area contributed by atoms with Gasteiger partial charge in [-0.3, -0.25) is 4.79 Å². The van der Waals surface area contributed by atoms with Gasteiger partial charge in [0.2, 0.25) is 6.10 Å². The first kappa shape index (κ1) is 16.4. The molecule has 0 radical (unpaired) electrons. The maximum absolute atomic E-state index is 12.1. The number of ether oxygens (including phenoxy) is 2. The molecule has 0 amide bonds. The summed E-state index contributed by atoms with van der Waals surface area (Å²) in [6.45, 7) is 0.288. The Kier molecular flexibility index (Phi) is 4.65. The van der Waals surface area contributed by atoms with Crippen molar-refractivity contribution in [2.45, 2.75) is 11.3 Å². The molecule has 0 N–H and O–H groups in total. The predicted octanol–water partition coefficient (Wildman–Crippen LogP) is 4.27. The van der Waals surface area contributed by atoms with E-state index in [-0.39, 0.29) is 18.1 Å². The number of fused-ring (bicyclic) bond motifs is 1. The van der Waals surface area contributed by atoms with Gasteiger partial charge in [0, 0.05) is 0 Å². The van der Waals surface area contributed by atoms with Crippen LogP contribution in [0.2, 0.25) is 4.34 Å². The van der Waals surface area contributed by atoms with Gasteiger partial charge in [-0.05, 0) is 24.3 Å². The average molecular weight is 395 g/mol. The fourth-order valence-corrected chi connectivity index (χ4v) is 3.94. The third-order valence-corrected chi connectivity index (χ3v) is 5.47. The second-order valence-corrected chi connectivity index (χ2v) is 7.73. The van der Waals surface area contributed by atoms with Gasteiger partial charge in [-0.1, -0.05) is 35.5 Å². The summed E-state index contributed by atoms with van der Waals surface area (Å²) in [5.41, 5.74) is 0. The summed E-state index contributed by atoms with van der Waals surface area (Å²) in [5, 5.41) is 8.26. The Morgan fingerprint density at radius 1 is 1.24 bits per heavy atom. The normalized spacial score (nSPS) is 16.0. The van der Waals surface area contributed by atoms with Crippen LogP contribution >= 0.6 is 34.7 Å². The topological polar surface area (TPSA) is 74.5 Å². The van der Waals surface area contributed by atoms with Crippen LogP contribution in [0.1, 0.15) is 21.7 Å². The molecule has 128 valence electrons. The zero-order valence-corrected chi connectivity index (χ0v) is 15.1. The van der Waals surface area contributed by atoms with Crippen molar-refractivity contribution in [1.82, 2.24) is 10.2 Å². The molecule has 25 heavy (non-hydrogen) atoms. The lowest BCUT2D eigenvalue weighted by Crippen LogP contribution is -2.21. The largest absolute Gasteiger partial charge is 0.485 e. The lowest BCUT2D eigenvalue weighted by Gasteiger charge is -2.23. The Bertz CT molecular complexity index is 911. The van der Waals surface area contributed by atoms with Crippen LogP contribution in [0, 0.1) is 0 Å². The number of thioether (sulfide) groups is 1. The molecular formula is C16H11ClN2O4S2. The van der Waals surface area contributed by atoms with E-state index in [0.717, 1.165) is 0 Å². The minimum atomic E-state index is -0.469. The third kappa shape index (κ3) is 3.65. The lowest BCUT2D eigenvalue weighted by atomic mass is 10.2. The van der Waals surface area contributed by atoms with Crippen LogP contribution in [0.3, 0.4) is 0 Å². The fourth-order valence-electron chi connectivity index (χ4n) is 2.21. The Morgan fingerprint density at radius 3 is 2.88 bits per heavy atom. The molecule has 1 aliphatic heterocycles. The molecular weight excluding hydrogens is 384 g/mol. The Morgan fingerprint density at radius 2 is 2.08 bits per heavy atom. The monoisotopic (exact) mass is 394 g/mol. The van der Waals surface area contributed by atoms with Crippen LogP contribution in [0.15, 0.2) is 46.0 Å². The molecule has 3 heterocycles. The summed E-state index contributed by atoms with van der Waals surface area (Å²) in [5.74, 6) is 1.81. The molecule has 0 aliphatic carbocycles. The van der Waals surface area contributed by atoms with E-state index in [1.54, 1.807) is 12.1 Å². The number of rotatable bonds is 5. The van der Waals surface area contributed by atoms with Crippen LogP contribution < -0.4 is 9.47 Å². The van der Waals surface area contributed by atoms with Gasteiger partial charge in [0.15, 0.2) is 17.3 Å². The summed E-state index contributed by atoms with van der Waals surface area (Å²) < 4.78 is 17.6. The van der Waals surface area contributed by atoms with Crippen molar-refractivity contribution in [3.05, 3.63) is 51.5 Å². The number of hydrogen-bond acceptors (Lipinski definition) is 8. The van der Waals surface area contributed by atoms with E-state index in [1.807, 2.05) is 24.3 Å². The van der Waals surface area contributed by atoms with Gasteiger partial charge in [0.1, 0.15) is 6.61 Å². The maximum Gasteiger partial charge on any atom is 0.277 e. The first-order chi connectivity index (χ1) is 12.2. The van der Waals surface area contributed by atoms with Crippen LogP contribution in [0.5, 0.6) is 11.5 Å². The fraction of sp³-hybridized carbons (Fsp3) is 0.188. The minimum Gasteiger partial charge on any atom is -0.485 e. The molecule has 0 saturated carbocycles. The van der Waals surface area contributed by atoms with Crippen molar-refractivity contribution in [1.29, 1.82) is 0 Å². The average Bonchev–Trinajstić information content (AvgIpc) is 3.28. The van der Waals surface area contributed by atoms with Gasteiger partial charge >= 0.3 is 0 Å². The molecule has 1 atom stereocenters. The molecule has 3 aromatic rings. The van der Waals surface area contributed by atoms with Gasteiger partial charge in [0.05, 0.1) is 15.0 Å². The zero-order valence-electron chi connectivity index (χ0n) is 12.7. The molecule has 2 aromatic heterocycles. The number of Topliss-reactive ketones (excluding diaryl/α,β-unsaturated/α-hetero) is 1. The number of ketones is 1. The third-order valence-electron chi connectivity index (χ3n) is 3.38. The Hall–Kier alpha value is -2.03. The number of carbonyl (C=O) groups excluding carboxylic acids is 1. The van der Waals surface area contributed by atoms with Crippen LogP contribution in [-0.4, -0.2) is 28.3 Å². The highest BCUT2D eigenvalue weighted by Gasteiger charge is 2.27. The van der Waals surface area contributed by atoms with Crippen molar-refractivity contribution in [2.24, 2.45) is 0 Å².